The molecule has 0 aromatic rings. The van der Waals surface area contributed by atoms with E-state index < -0.39 is 0 Å². The fourth-order valence-electron chi connectivity index (χ4n) is 0.234. The Morgan fingerprint density at radius 3 is 2.33 bits per heavy atom. The first kappa shape index (κ1) is 8.06. The van der Waals surface area contributed by atoms with Gasteiger partial charge in [-0.3, -0.25) is 0 Å². The maximum atomic E-state index is 8.19. The van der Waals surface area contributed by atoms with Crippen LogP contribution in [0.15, 0.2) is 35.8 Å². The van der Waals surface area contributed by atoms with Crippen molar-refractivity contribution in [1.82, 2.24) is 0 Å². The normalized spacial score (nSPS) is 8.89. The molecule has 0 unspecified atom stereocenters. The van der Waals surface area contributed by atoms with Gasteiger partial charge in [0.2, 0.25) is 0 Å². The fourth-order valence-corrected chi connectivity index (χ4v) is 0.309. The van der Waals surface area contributed by atoms with Crippen LogP contribution >= 0.6 is 12.6 Å². The highest BCUT2D eigenvalue weighted by atomic mass is 32.1. The lowest BCUT2D eigenvalue weighted by Crippen LogP contribution is -1.64. The monoisotopic (exact) mass is 137 g/mol. The molecule has 0 N–H and O–H groups in total. The topological polar surface area (TPSA) is 23.8 Å². The molecule has 0 aliphatic heterocycles. The Kier molecular flexibility index (Phi) is 3.57. The molecule has 2 heteroatoms. The minimum absolute atomic E-state index is 0.408. The van der Waals surface area contributed by atoms with Gasteiger partial charge in [0.05, 0.1) is 6.07 Å². The molecule has 0 radical (unpaired) electrons. The van der Waals surface area contributed by atoms with E-state index in [0.717, 1.165) is 0 Å². The molecule has 9 heavy (non-hydrogen) atoms. The average molecular weight is 137 g/mol. The largest absolute Gasteiger partial charge is 0.192 e. The molecule has 0 bridgehead atoms. The van der Waals surface area contributed by atoms with E-state index in [1.54, 1.807) is 12.2 Å². The SMILES string of the molecule is C=C(S)/C=C\C(=C)C#N. The van der Waals surface area contributed by atoms with Crippen molar-refractivity contribution in [3.63, 3.8) is 0 Å². The summed E-state index contributed by atoms with van der Waals surface area (Å²) in [7, 11) is 0. The summed E-state index contributed by atoms with van der Waals surface area (Å²) in [4.78, 5) is 0.617. The van der Waals surface area contributed by atoms with E-state index in [-0.39, 0.29) is 0 Å². The van der Waals surface area contributed by atoms with Crippen molar-refractivity contribution in [2.24, 2.45) is 0 Å². The quantitative estimate of drug-likeness (QED) is 0.351. The zero-order valence-corrected chi connectivity index (χ0v) is 5.86. The molecule has 1 nitrogen and oxygen atoms in total. The van der Waals surface area contributed by atoms with Gasteiger partial charge in [0.25, 0.3) is 0 Å². The molecular weight excluding hydrogens is 130 g/mol. The van der Waals surface area contributed by atoms with Gasteiger partial charge in [0.15, 0.2) is 0 Å². The van der Waals surface area contributed by atoms with E-state index in [1.807, 2.05) is 6.07 Å². The smallest absolute Gasteiger partial charge is 0.0985 e. The Morgan fingerprint density at radius 2 is 2.00 bits per heavy atom. The first-order chi connectivity index (χ1) is 4.16. The maximum Gasteiger partial charge on any atom is 0.0985 e. The molecule has 0 aromatic carbocycles. The second-order valence-electron chi connectivity index (χ2n) is 1.46. The molecular formula is C7H7NS. The highest BCUT2D eigenvalue weighted by molar-refractivity contribution is 7.84. The highest BCUT2D eigenvalue weighted by Gasteiger charge is 1.79. The second-order valence-corrected chi connectivity index (χ2v) is 2.04. The number of nitrogens with zero attached hydrogens (tertiary/aromatic N) is 1. The number of hydrogen-bond donors (Lipinski definition) is 1. The molecule has 0 fully saturated rings. The van der Waals surface area contributed by atoms with Crippen molar-refractivity contribution in [3.8, 4) is 6.07 Å². The van der Waals surface area contributed by atoms with Crippen molar-refractivity contribution in [3.05, 3.63) is 35.8 Å². The summed E-state index contributed by atoms with van der Waals surface area (Å²) in [5, 5.41) is 8.19. The van der Waals surface area contributed by atoms with Crippen LogP contribution in [0.5, 0.6) is 0 Å². The van der Waals surface area contributed by atoms with Crippen molar-refractivity contribution >= 4 is 12.6 Å². The number of nitriles is 1. The fraction of sp³-hybridized carbons (Fsp3) is 0. The minimum atomic E-state index is 0.408. The molecule has 0 saturated heterocycles. The van der Waals surface area contributed by atoms with E-state index in [2.05, 4.69) is 25.8 Å². The van der Waals surface area contributed by atoms with Crippen LogP contribution < -0.4 is 0 Å². The van der Waals surface area contributed by atoms with Gasteiger partial charge in [0.1, 0.15) is 0 Å². The third-order valence-corrected chi connectivity index (χ3v) is 0.770. The Morgan fingerprint density at radius 1 is 1.44 bits per heavy atom. The lowest BCUT2D eigenvalue weighted by atomic mass is 10.3. The molecule has 0 saturated carbocycles. The van der Waals surface area contributed by atoms with Crippen molar-refractivity contribution in [2.75, 3.05) is 0 Å². The zero-order chi connectivity index (χ0) is 7.28. The Labute approximate surface area is 60.4 Å². The van der Waals surface area contributed by atoms with E-state index in [0.29, 0.717) is 10.5 Å². The third kappa shape index (κ3) is 4.92. The number of thiol groups is 1. The van der Waals surface area contributed by atoms with Crippen LogP contribution in [0.1, 0.15) is 0 Å². The molecule has 0 aromatic heterocycles. The van der Waals surface area contributed by atoms with Crippen LogP contribution in [-0.4, -0.2) is 0 Å². The lowest BCUT2D eigenvalue weighted by Gasteiger charge is -1.81. The minimum Gasteiger partial charge on any atom is -0.192 e. The van der Waals surface area contributed by atoms with Crippen LogP contribution in [-0.2, 0) is 0 Å². The summed E-state index contributed by atoms with van der Waals surface area (Å²) in [6.45, 7) is 6.91. The average Bonchev–Trinajstić information content (AvgIpc) is 1.83. The highest BCUT2D eigenvalue weighted by Crippen LogP contribution is 1.99. The summed E-state index contributed by atoms with van der Waals surface area (Å²) in [6.07, 6.45) is 3.18. The molecule has 0 aliphatic rings. The van der Waals surface area contributed by atoms with Crippen LogP contribution in [0.4, 0.5) is 0 Å². The molecule has 0 amide bonds. The van der Waals surface area contributed by atoms with Crippen molar-refractivity contribution in [1.29, 1.82) is 5.26 Å². The number of rotatable bonds is 2. The molecule has 0 spiro atoms. The summed E-state index contributed by atoms with van der Waals surface area (Å²) < 4.78 is 0. The summed E-state index contributed by atoms with van der Waals surface area (Å²) in [5.74, 6) is 0. The molecule has 0 atom stereocenters. The zero-order valence-electron chi connectivity index (χ0n) is 4.96. The predicted molar refractivity (Wildman–Crippen MR) is 42.0 cm³/mol. The van der Waals surface area contributed by atoms with Crippen LogP contribution in [0.2, 0.25) is 0 Å². The molecule has 0 aliphatic carbocycles. The van der Waals surface area contributed by atoms with E-state index in [9.17, 15) is 0 Å². The van der Waals surface area contributed by atoms with Gasteiger partial charge in [-0.25, -0.2) is 0 Å². The molecule has 0 rings (SSSR count). The van der Waals surface area contributed by atoms with Crippen LogP contribution in [0.25, 0.3) is 0 Å². The lowest BCUT2D eigenvalue weighted by molar-refractivity contribution is 1.51. The van der Waals surface area contributed by atoms with E-state index in [4.69, 9.17) is 5.26 Å². The van der Waals surface area contributed by atoms with E-state index >= 15 is 0 Å². The Bertz CT molecular complexity index is 195. The van der Waals surface area contributed by atoms with Crippen LogP contribution in [0, 0.1) is 11.3 Å². The Balaban J connectivity index is 3.90. The third-order valence-electron chi connectivity index (χ3n) is 0.621. The van der Waals surface area contributed by atoms with Gasteiger partial charge in [-0.05, 0) is 17.1 Å². The van der Waals surface area contributed by atoms with Gasteiger partial charge in [-0.1, -0.05) is 13.2 Å². The number of allylic oxidation sites excluding steroid dienone is 3. The maximum absolute atomic E-state index is 8.19. The van der Waals surface area contributed by atoms with E-state index in [1.165, 1.54) is 0 Å². The standard InChI is InChI=1S/C7H7NS/c1-6(5-8)3-4-7(2)9/h3-4,9H,1-2H2/b4-3-. The van der Waals surface area contributed by atoms with Gasteiger partial charge in [-0.2, -0.15) is 5.26 Å². The first-order valence-corrected chi connectivity index (χ1v) is 2.76. The summed E-state index contributed by atoms with van der Waals surface area (Å²) in [6, 6.07) is 1.86. The number of hydrogen-bond acceptors (Lipinski definition) is 2. The predicted octanol–water partition coefficient (Wildman–Crippen LogP) is 2.07. The summed E-state index contributed by atoms with van der Waals surface area (Å²) in [5.41, 5.74) is 0.408. The van der Waals surface area contributed by atoms with Gasteiger partial charge in [-0.15, -0.1) is 12.6 Å². The second kappa shape index (κ2) is 3.99. The van der Waals surface area contributed by atoms with Gasteiger partial charge >= 0.3 is 0 Å². The first-order valence-electron chi connectivity index (χ1n) is 2.32. The van der Waals surface area contributed by atoms with Gasteiger partial charge < -0.3 is 0 Å². The van der Waals surface area contributed by atoms with Crippen molar-refractivity contribution < 1.29 is 0 Å². The van der Waals surface area contributed by atoms with Crippen LogP contribution in [0.3, 0.4) is 0 Å². The summed E-state index contributed by atoms with van der Waals surface area (Å²) >= 11 is 3.88. The molecule has 0 heterocycles. The Hall–Kier alpha value is -0.940. The van der Waals surface area contributed by atoms with Crippen molar-refractivity contribution in [2.45, 2.75) is 0 Å². The molecule has 46 valence electrons. The van der Waals surface area contributed by atoms with Gasteiger partial charge in [0, 0.05) is 5.57 Å².